The van der Waals surface area contributed by atoms with E-state index in [0.29, 0.717) is 17.7 Å². The van der Waals surface area contributed by atoms with E-state index in [1.165, 1.54) is 44.9 Å². The number of carbonyl (C=O) groups excluding carboxylic acids is 2. The third kappa shape index (κ3) is 8.15. The number of hydrogen-bond donors (Lipinski definition) is 0. The molecule has 1 aliphatic rings. The molecule has 1 aromatic rings. The summed E-state index contributed by atoms with van der Waals surface area (Å²) in [4.78, 5) is 24.0. The van der Waals surface area contributed by atoms with Gasteiger partial charge in [-0.15, -0.1) is 0 Å². The number of ether oxygens (including phenoxy) is 2. The predicted octanol–water partition coefficient (Wildman–Crippen LogP) is 6.08. The van der Waals surface area contributed by atoms with Crippen LogP contribution in [0.25, 0.3) is 0 Å². The van der Waals surface area contributed by atoms with Crippen molar-refractivity contribution >= 4 is 11.9 Å². The van der Waals surface area contributed by atoms with E-state index in [9.17, 15) is 9.59 Å². The van der Waals surface area contributed by atoms with Crippen LogP contribution in [0.3, 0.4) is 0 Å². The number of hydrogen-bond acceptors (Lipinski definition) is 4. The third-order valence-corrected chi connectivity index (χ3v) is 5.16. The van der Waals surface area contributed by atoms with Crippen molar-refractivity contribution in [2.75, 3.05) is 6.61 Å². The minimum Gasteiger partial charge on any atom is -0.462 e. The van der Waals surface area contributed by atoms with E-state index in [1.807, 2.05) is 0 Å². The molecule has 0 unspecified atom stereocenters. The van der Waals surface area contributed by atoms with Crippen molar-refractivity contribution in [3.63, 3.8) is 0 Å². The van der Waals surface area contributed by atoms with Crippen molar-refractivity contribution in [2.45, 2.75) is 90.1 Å². The fourth-order valence-corrected chi connectivity index (χ4v) is 3.11. The molecule has 0 bridgehead atoms. The third-order valence-electron chi connectivity index (χ3n) is 5.16. The average molecular weight is 375 g/mol. The SMILES string of the molecule is CCCCCCCCCCCOC(=O)c1ccc(C(=O)OC2CCC2)cc1. The molecule has 0 saturated heterocycles. The first-order valence-corrected chi connectivity index (χ1v) is 10.7. The van der Waals surface area contributed by atoms with Crippen LogP contribution >= 0.6 is 0 Å². The fourth-order valence-electron chi connectivity index (χ4n) is 3.11. The Kier molecular flexibility index (Phi) is 9.96. The van der Waals surface area contributed by atoms with Crippen LogP contribution in [0, 0.1) is 0 Å². The van der Waals surface area contributed by atoms with Gasteiger partial charge in [0.2, 0.25) is 0 Å². The molecule has 0 atom stereocenters. The van der Waals surface area contributed by atoms with E-state index < -0.39 is 0 Å². The molecule has 150 valence electrons. The molecule has 0 radical (unpaired) electrons. The van der Waals surface area contributed by atoms with E-state index in [1.54, 1.807) is 24.3 Å². The minimum absolute atomic E-state index is 0.0680. The van der Waals surface area contributed by atoms with Crippen LogP contribution in [0.1, 0.15) is 105 Å². The largest absolute Gasteiger partial charge is 0.462 e. The number of rotatable bonds is 13. The van der Waals surface area contributed by atoms with Gasteiger partial charge in [-0.1, -0.05) is 58.3 Å². The summed E-state index contributed by atoms with van der Waals surface area (Å²) in [6.45, 7) is 2.69. The standard InChI is InChI=1S/C23H34O4/c1-2-3-4-5-6-7-8-9-10-18-26-22(24)19-14-16-20(17-15-19)23(25)27-21-12-11-13-21/h14-17,21H,2-13,18H2,1H3. The van der Waals surface area contributed by atoms with Crippen molar-refractivity contribution in [1.82, 2.24) is 0 Å². The zero-order valence-electron chi connectivity index (χ0n) is 16.7. The molecule has 2 rings (SSSR count). The van der Waals surface area contributed by atoms with E-state index in [4.69, 9.17) is 9.47 Å². The zero-order chi connectivity index (χ0) is 19.3. The average Bonchev–Trinajstić information content (AvgIpc) is 2.66. The van der Waals surface area contributed by atoms with Gasteiger partial charge >= 0.3 is 11.9 Å². The summed E-state index contributed by atoms with van der Waals surface area (Å²) in [5.41, 5.74) is 0.962. The second kappa shape index (κ2) is 12.5. The topological polar surface area (TPSA) is 52.6 Å². The van der Waals surface area contributed by atoms with Crippen molar-refractivity contribution in [3.8, 4) is 0 Å². The van der Waals surface area contributed by atoms with Crippen molar-refractivity contribution in [3.05, 3.63) is 35.4 Å². The summed E-state index contributed by atoms with van der Waals surface area (Å²) in [6, 6.07) is 6.54. The predicted molar refractivity (Wildman–Crippen MR) is 107 cm³/mol. The molecule has 1 fully saturated rings. The second-order valence-electron chi connectivity index (χ2n) is 7.50. The first-order valence-electron chi connectivity index (χ1n) is 10.7. The van der Waals surface area contributed by atoms with Gasteiger partial charge in [0.05, 0.1) is 17.7 Å². The molecule has 1 aliphatic carbocycles. The van der Waals surface area contributed by atoms with Crippen LogP contribution < -0.4 is 0 Å². The van der Waals surface area contributed by atoms with Crippen LogP contribution in [0.2, 0.25) is 0 Å². The van der Waals surface area contributed by atoms with Gasteiger partial charge in [0.25, 0.3) is 0 Å². The van der Waals surface area contributed by atoms with E-state index in [2.05, 4.69) is 6.92 Å². The molecule has 4 heteroatoms. The lowest BCUT2D eigenvalue weighted by Gasteiger charge is -2.25. The molecule has 27 heavy (non-hydrogen) atoms. The van der Waals surface area contributed by atoms with Crippen LogP contribution in [0.4, 0.5) is 0 Å². The summed E-state index contributed by atoms with van der Waals surface area (Å²) in [5, 5.41) is 0. The molecule has 0 aromatic heterocycles. The highest BCUT2D eigenvalue weighted by Gasteiger charge is 2.22. The molecule has 0 heterocycles. The normalized spacial score (nSPS) is 13.8. The molecule has 0 N–H and O–H groups in total. The van der Waals surface area contributed by atoms with Gasteiger partial charge in [0.15, 0.2) is 0 Å². The lowest BCUT2D eigenvalue weighted by molar-refractivity contribution is 0.00896. The maximum atomic E-state index is 12.1. The van der Waals surface area contributed by atoms with Crippen molar-refractivity contribution in [2.24, 2.45) is 0 Å². The maximum absolute atomic E-state index is 12.1. The Hall–Kier alpha value is -1.84. The van der Waals surface area contributed by atoms with Gasteiger partial charge in [-0.2, -0.15) is 0 Å². The van der Waals surface area contributed by atoms with Crippen LogP contribution in [-0.2, 0) is 9.47 Å². The quantitative estimate of drug-likeness (QED) is 0.310. The summed E-state index contributed by atoms with van der Waals surface area (Å²) in [7, 11) is 0. The van der Waals surface area contributed by atoms with Gasteiger partial charge in [-0.25, -0.2) is 9.59 Å². The Labute approximate surface area is 163 Å². The maximum Gasteiger partial charge on any atom is 0.338 e. The van der Waals surface area contributed by atoms with Gasteiger partial charge in [-0.05, 0) is 49.9 Å². The number of carbonyl (C=O) groups is 2. The lowest BCUT2D eigenvalue weighted by atomic mass is 9.96. The highest BCUT2D eigenvalue weighted by molar-refractivity contribution is 5.93. The Morgan fingerprint density at radius 2 is 1.33 bits per heavy atom. The van der Waals surface area contributed by atoms with E-state index in [-0.39, 0.29) is 18.0 Å². The molecule has 4 nitrogen and oxygen atoms in total. The van der Waals surface area contributed by atoms with Gasteiger partial charge in [0.1, 0.15) is 6.10 Å². The first-order chi connectivity index (χ1) is 13.2. The van der Waals surface area contributed by atoms with Gasteiger partial charge in [-0.3, -0.25) is 0 Å². The number of unbranched alkanes of at least 4 members (excludes halogenated alkanes) is 8. The Morgan fingerprint density at radius 3 is 1.85 bits per heavy atom. The first kappa shape index (κ1) is 21.5. The zero-order valence-corrected chi connectivity index (χ0v) is 16.7. The lowest BCUT2D eigenvalue weighted by Crippen LogP contribution is -2.25. The monoisotopic (exact) mass is 374 g/mol. The van der Waals surface area contributed by atoms with E-state index in [0.717, 1.165) is 32.1 Å². The fraction of sp³-hybridized carbons (Fsp3) is 0.652. The summed E-state index contributed by atoms with van der Waals surface area (Å²) in [5.74, 6) is -0.636. The Bertz CT molecular complexity index is 560. The number of benzene rings is 1. The Morgan fingerprint density at radius 1 is 0.815 bits per heavy atom. The van der Waals surface area contributed by atoms with E-state index >= 15 is 0 Å². The highest BCUT2D eigenvalue weighted by atomic mass is 16.5. The summed E-state index contributed by atoms with van der Waals surface area (Å²) in [6.07, 6.45) is 14.2. The molecule has 0 amide bonds. The molecule has 1 saturated carbocycles. The molecule has 1 aromatic carbocycles. The van der Waals surface area contributed by atoms with Crippen molar-refractivity contribution < 1.29 is 19.1 Å². The van der Waals surface area contributed by atoms with Crippen molar-refractivity contribution in [1.29, 1.82) is 0 Å². The van der Waals surface area contributed by atoms with Gasteiger partial charge < -0.3 is 9.47 Å². The highest BCUT2D eigenvalue weighted by Crippen LogP contribution is 2.23. The number of esters is 2. The molecule has 0 aliphatic heterocycles. The smallest absolute Gasteiger partial charge is 0.338 e. The van der Waals surface area contributed by atoms with Crippen LogP contribution in [0.5, 0.6) is 0 Å². The second-order valence-corrected chi connectivity index (χ2v) is 7.50. The molecule has 0 spiro atoms. The Balaban J connectivity index is 1.55. The molecular weight excluding hydrogens is 340 g/mol. The van der Waals surface area contributed by atoms with Crippen LogP contribution in [-0.4, -0.2) is 24.6 Å². The summed E-state index contributed by atoms with van der Waals surface area (Å²) < 4.78 is 10.7. The molecular formula is C23H34O4. The minimum atomic E-state index is -0.325. The van der Waals surface area contributed by atoms with Crippen LogP contribution in [0.15, 0.2) is 24.3 Å². The summed E-state index contributed by atoms with van der Waals surface area (Å²) >= 11 is 0. The van der Waals surface area contributed by atoms with Gasteiger partial charge in [0, 0.05) is 0 Å².